The summed E-state index contributed by atoms with van der Waals surface area (Å²) in [5.74, 6) is -1.96. The lowest BCUT2D eigenvalue weighted by atomic mass is 10.0. The molecule has 0 saturated heterocycles. The van der Waals surface area contributed by atoms with Gasteiger partial charge in [0.25, 0.3) is 11.8 Å². The maximum Gasteiger partial charge on any atom is 0.344 e. The predicted octanol–water partition coefficient (Wildman–Crippen LogP) is 2.82. The van der Waals surface area contributed by atoms with Gasteiger partial charge in [-0.05, 0) is 45.4 Å². The van der Waals surface area contributed by atoms with Crippen molar-refractivity contribution in [1.29, 1.82) is 0 Å². The van der Waals surface area contributed by atoms with E-state index in [1.807, 2.05) is 0 Å². The van der Waals surface area contributed by atoms with Crippen LogP contribution in [-0.4, -0.2) is 34.8 Å². The van der Waals surface area contributed by atoms with Crippen molar-refractivity contribution >= 4 is 35.0 Å². The van der Waals surface area contributed by atoms with Crippen LogP contribution in [0.3, 0.4) is 0 Å². The van der Waals surface area contributed by atoms with Crippen LogP contribution < -0.4 is 0 Å². The van der Waals surface area contributed by atoms with E-state index in [2.05, 4.69) is 0 Å². The first kappa shape index (κ1) is 17.2. The standard InChI is InChI=1S/C17H18ClNO4/c1-5-23-16(22)13-12(10-7-6-8-11(18)9-10)14(20)19(15(13)21)17(2,3)4/h6-9H,5H2,1-4H3. The SMILES string of the molecule is CCOC(=O)C1=C(c2cccc(Cl)c2)C(=O)N(C(C)(C)C)C1=O. The minimum absolute atomic E-state index is 0.0332. The third kappa shape index (κ3) is 3.15. The number of halogens is 1. The lowest BCUT2D eigenvalue weighted by molar-refractivity contribution is -0.145. The number of hydrogen-bond donors (Lipinski definition) is 0. The van der Waals surface area contributed by atoms with Crippen LogP contribution in [0.15, 0.2) is 29.8 Å². The second-order valence-electron chi connectivity index (χ2n) is 6.10. The van der Waals surface area contributed by atoms with Gasteiger partial charge in [0, 0.05) is 10.6 Å². The van der Waals surface area contributed by atoms with Crippen molar-refractivity contribution in [2.45, 2.75) is 33.2 Å². The zero-order valence-corrected chi connectivity index (χ0v) is 14.2. The highest BCUT2D eigenvalue weighted by molar-refractivity contribution is 6.43. The Morgan fingerprint density at radius 1 is 1.22 bits per heavy atom. The Kier molecular flexibility index (Phi) is 4.61. The van der Waals surface area contributed by atoms with Crippen LogP contribution in [0.1, 0.15) is 33.3 Å². The van der Waals surface area contributed by atoms with Crippen LogP contribution in [0.4, 0.5) is 0 Å². The number of imide groups is 1. The number of benzene rings is 1. The van der Waals surface area contributed by atoms with Crippen molar-refractivity contribution < 1.29 is 19.1 Å². The molecule has 0 spiro atoms. The molecule has 6 heteroatoms. The molecule has 2 amide bonds. The number of rotatable bonds is 3. The number of carbonyl (C=O) groups is 3. The summed E-state index contributed by atoms with van der Waals surface area (Å²) in [5.41, 5.74) is -0.544. The summed E-state index contributed by atoms with van der Waals surface area (Å²) in [4.78, 5) is 38.8. The zero-order chi connectivity index (χ0) is 17.4. The summed E-state index contributed by atoms with van der Waals surface area (Å²) in [6.45, 7) is 6.94. The molecule has 1 aromatic rings. The van der Waals surface area contributed by atoms with Crippen molar-refractivity contribution in [2.75, 3.05) is 6.61 Å². The number of esters is 1. The summed E-state index contributed by atoms with van der Waals surface area (Å²) in [6.07, 6.45) is 0. The highest BCUT2D eigenvalue weighted by Crippen LogP contribution is 2.35. The summed E-state index contributed by atoms with van der Waals surface area (Å²) in [7, 11) is 0. The maximum absolute atomic E-state index is 12.8. The third-order valence-electron chi connectivity index (χ3n) is 3.35. The lowest BCUT2D eigenvalue weighted by Crippen LogP contribution is -2.46. The fourth-order valence-corrected chi connectivity index (χ4v) is 2.63. The average Bonchev–Trinajstić information content (AvgIpc) is 2.69. The Morgan fingerprint density at radius 2 is 1.87 bits per heavy atom. The van der Waals surface area contributed by atoms with Crippen LogP contribution >= 0.6 is 11.6 Å². The summed E-state index contributed by atoms with van der Waals surface area (Å²) < 4.78 is 4.96. The van der Waals surface area contributed by atoms with Gasteiger partial charge in [-0.15, -0.1) is 0 Å². The van der Waals surface area contributed by atoms with Crippen LogP contribution in [0.5, 0.6) is 0 Å². The topological polar surface area (TPSA) is 63.7 Å². The Hall–Kier alpha value is -2.14. The van der Waals surface area contributed by atoms with Crippen molar-refractivity contribution in [3.63, 3.8) is 0 Å². The molecular weight excluding hydrogens is 318 g/mol. The fourth-order valence-electron chi connectivity index (χ4n) is 2.44. The van der Waals surface area contributed by atoms with Gasteiger partial charge in [-0.1, -0.05) is 23.7 Å². The van der Waals surface area contributed by atoms with E-state index < -0.39 is 23.3 Å². The first-order valence-corrected chi connectivity index (χ1v) is 7.62. The van der Waals surface area contributed by atoms with Gasteiger partial charge in [0.2, 0.25) is 0 Å². The second kappa shape index (κ2) is 6.16. The van der Waals surface area contributed by atoms with Gasteiger partial charge < -0.3 is 4.74 Å². The fraction of sp³-hybridized carbons (Fsp3) is 0.353. The van der Waals surface area contributed by atoms with Crippen LogP contribution in [0, 0.1) is 0 Å². The average molecular weight is 336 g/mol. The largest absolute Gasteiger partial charge is 0.462 e. The van der Waals surface area contributed by atoms with Gasteiger partial charge in [0.1, 0.15) is 5.57 Å². The Morgan fingerprint density at radius 3 is 2.39 bits per heavy atom. The Labute approximate surface area is 139 Å². The predicted molar refractivity (Wildman–Crippen MR) is 86.6 cm³/mol. The molecule has 0 aromatic heterocycles. The van der Waals surface area contributed by atoms with Crippen LogP contribution in [0.2, 0.25) is 5.02 Å². The molecule has 0 N–H and O–H groups in total. The first-order chi connectivity index (χ1) is 10.7. The van der Waals surface area contributed by atoms with Crippen LogP contribution in [-0.2, 0) is 19.1 Å². The monoisotopic (exact) mass is 335 g/mol. The number of nitrogens with zero attached hydrogens (tertiary/aromatic N) is 1. The van der Waals surface area contributed by atoms with Crippen molar-refractivity contribution in [3.05, 3.63) is 40.4 Å². The van der Waals surface area contributed by atoms with E-state index in [1.165, 1.54) is 0 Å². The van der Waals surface area contributed by atoms with Crippen LogP contribution in [0.25, 0.3) is 5.57 Å². The number of amides is 2. The molecule has 0 atom stereocenters. The van der Waals surface area contributed by atoms with E-state index in [0.717, 1.165) is 4.90 Å². The molecule has 0 radical (unpaired) electrons. The zero-order valence-electron chi connectivity index (χ0n) is 13.5. The first-order valence-electron chi connectivity index (χ1n) is 7.24. The van der Waals surface area contributed by atoms with Crippen molar-refractivity contribution in [1.82, 2.24) is 4.90 Å². The third-order valence-corrected chi connectivity index (χ3v) is 3.58. The molecule has 0 bridgehead atoms. The minimum Gasteiger partial charge on any atom is -0.462 e. The molecule has 0 saturated carbocycles. The molecule has 2 rings (SSSR count). The molecule has 0 aliphatic carbocycles. The van der Waals surface area contributed by atoms with Gasteiger partial charge >= 0.3 is 5.97 Å². The van der Waals surface area contributed by atoms with E-state index >= 15 is 0 Å². The number of ether oxygens (including phenoxy) is 1. The summed E-state index contributed by atoms with van der Waals surface area (Å²) in [6, 6.07) is 6.49. The molecule has 1 heterocycles. The highest BCUT2D eigenvalue weighted by Gasteiger charge is 2.47. The molecule has 1 aromatic carbocycles. The normalized spacial score (nSPS) is 15.4. The minimum atomic E-state index is -0.799. The van der Waals surface area contributed by atoms with E-state index in [1.54, 1.807) is 52.0 Å². The molecule has 1 aliphatic rings. The Bertz CT molecular complexity index is 716. The summed E-state index contributed by atoms with van der Waals surface area (Å²) in [5, 5.41) is 0.410. The van der Waals surface area contributed by atoms with E-state index in [-0.39, 0.29) is 17.8 Å². The Balaban J connectivity index is 2.65. The molecule has 1 aliphatic heterocycles. The van der Waals surface area contributed by atoms with Crippen molar-refractivity contribution in [3.8, 4) is 0 Å². The number of carbonyl (C=O) groups excluding carboxylic acids is 3. The quantitative estimate of drug-likeness (QED) is 0.484. The van der Waals surface area contributed by atoms with Gasteiger partial charge in [-0.2, -0.15) is 0 Å². The smallest absolute Gasteiger partial charge is 0.344 e. The molecular formula is C17H18ClNO4. The van der Waals surface area contributed by atoms with Crippen molar-refractivity contribution in [2.24, 2.45) is 0 Å². The second-order valence-corrected chi connectivity index (χ2v) is 6.53. The molecule has 0 unspecified atom stereocenters. The number of hydrogen-bond acceptors (Lipinski definition) is 4. The van der Waals surface area contributed by atoms with E-state index in [9.17, 15) is 14.4 Å². The molecule has 122 valence electrons. The highest BCUT2D eigenvalue weighted by atomic mass is 35.5. The van der Waals surface area contributed by atoms with E-state index in [0.29, 0.717) is 10.6 Å². The lowest BCUT2D eigenvalue weighted by Gasteiger charge is -2.30. The van der Waals surface area contributed by atoms with Gasteiger partial charge in [-0.3, -0.25) is 14.5 Å². The van der Waals surface area contributed by atoms with E-state index in [4.69, 9.17) is 16.3 Å². The summed E-state index contributed by atoms with van der Waals surface area (Å²) >= 11 is 5.97. The molecule has 0 fully saturated rings. The molecule has 23 heavy (non-hydrogen) atoms. The van der Waals surface area contributed by atoms with Gasteiger partial charge in [0.15, 0.2) is 0 Å². The maximum atomic E-state index is 12.8. The molecule has 5 nitrogen and oxygen atoms in total. The van der Waals surface area contributed by atoms with Gasteiger partial charge in [0.05, 0.1) is 12.2 Å². The van der Waals surface area contributed by atoms with Gasteiger partial charge in [-0.25, -0.2) is 4.79 Å².